The molecule has 0 bridgehead atoms. The van der Waals surface area contributed by atoms with Crippen molar-refractivity contribution in [2.45, 2.75) is 20.3 Å². The Morgan fingerprint density at radius 2 is 1.61 bits per heavy atom. The number of para-hydroxylation sites is 2. The Balaban J connectivity index is 3.03. The van der Waals surface area contributed by atoms with Crippen molar-refractivity contribution in [1.82, 2.24) is 0 Å². The molecule has 0 aliphatic heterocycles. The lowest BCUT2D eigenvalue weighted by Gasteiger charge is -2.23. The average molecular weight is 323 g/mol. The van der Waals surface area contributed by atoms with Crippen LogP contribution < -0.4 is 9.64 Å². The number of ether oxygens (including phenoxy) is 3. The van der Waals surface area contributed by atoms with Gasteiger partial charge in [-0.25, -0.2) is 0 Å². The minimum atomic E-state index is -0.652. The predicted molar refractivity (Wildman–Crippen MR) is 83.2 cm³/mol. The van der Waals surface area contributed by atoms with Gasteiger partial charge in [-0.1, -0.05) is 12.1 Å². The van der Waals surface area contributed by atoms with Crippen LogP contribution in [0.15, 0.2) is 24.3 Å². The minimum absolute atomic E-state index is 0.179. The van der Waals surface area contributed by atoms with Crippen LogP contribution in [0.3, 0.4) is 0 Å². The summed E-state index contributed by atoms with van der Waals surface area (Å²) < 4.78 is 14.9. The largest absolute Gasteiger partial charge is 0.495 e. The molecule has 0 aromatic heterocycles. The van der Waals surface area contributed by atoms with Gasteiger partial charge < -0.3 is 14.2 Å². The third-order valence-electron chi connectivity index (χ3n) is 2.87. The van der Waals surface area contributed by atoms with E-state index < -0.39 is 24.3 Å². The van der Waals surface area contributed by atoms with E-state index in [4.69, 9.17) is 14.2 Å². The molecule has 0 heterocycles. The Morgan fingerprint density at radius 3 is 2.22 bits per heavy atom. The number of hydrogen-bond acceptors (Lipinski definition) is 6. The van der Waals surface area contributed by atoms with Gasteiger partial charge >= 0.3 is 11.9 Å². The van der Waals surface area contributed by atoms with Gasteiger partial charge in [0.1, 0.15) is 18.7 Å². The zero-order chi connectivity index (χ0) is 17.2. The number of anilines is 1. The number of rotatable bonds is 8. The fourth-order valence-corrected chi connectivity index (χ4v) is 1.93. The second kappa shape index (κ2) is 9.45. The number of hydrogen-bond donors (Lipinski definition) is 0. The third-order valence-corrected chi connectivity index (χ3v) is 2.87. The molecule has 0 fully saturated rings. The molecule has 126 valence electrons. The molecule has 1 rings (SSSR count). The van der Waals surface area contributed by atoms with Crippen molar-refractivity contribution in [2.75, 3.05) is 31.8 Å². The van der Waals surface area contributed by atoms with Crippen LogP contribution in [0.25, 0.3) is 0 Å². The molecule has 0 N–H and O–H groups in total. The lowest BCUT2D eigenvalue weighted by molar-refractivity contribution is -0.147. The number of benzene rings is 1. The van der Waals surface area contributed by atoms with E-state index in [1.54, 1.807) is 38.1 Å². The molecular formula is C16H21NO6. The highest BCUT2D eigenvalue weighted by Crippen LogP contribution is 2.28. The van der Waals surface area contributed by atoms with Crippen LogP contribution in [-0.4, -0.2) is 44.7 Å². The molecule has 0 aliphatic rings. The van der Waals surface area contributed by atoms with E-state index in [2.05, 4.69) is 0 Å². The number of methoxy groups -OCH3 is 1. The Labute approximate surface area is 135 Å². The summed E-state index contributed by atoms with van der Waals surface area (Å²) in [5.41, 5.74) is 0.386. The Kier molecular flexibility index (Phi) is 7.59. The van der Waals surface area contributed by atoms with Gasteiger partial charge in [0.2, 0.25) is 5.91 Å². The van der Waals surface area contributed by atoms with Gasteiger partial charge in [-0.15, -0.1) is 0 Å². The van der Waals surface area contributed by atoms with Crippen LogP contribution in [0.2, 0.25) is 0 Å². The van der Waals surface area contributed by atoms with E-state index in [0.717, 1.165) is 4.90 Å². The lowest BCUT2D eigenvalue weighted by atomic mass is 10.2. The van der Waals surface area contributed by atoms with Crippen molar-refractivity contribution < 1.29 is 28.6 Å². The highest BCUT2D eigenvalue weighted by Gasteiger charge is 2.25. The van der Waals surface area contributed by atoms with Crippen LogP contribution in [0, 0.1) is 0 Å². The number of carbonyl (C=O) groups is 3. The third kappa shape index (κ3) is 5.61. The quantitative estimate of drug-likeness (QED) is 0.533. The van der Waals surface area contributed by atoms with E-state index in [9.17, 15) is 14.4 Å². The first-order chi connectivity index (χ1) is 11.0. The van der Waals surface area contributed by atoms with Gasteiger partial charge in [-0.2, -0.15) is 0 Å². The van der Waals surface area contributed by atoms with Crippen LogP contribution in [0.5, 0.6) is 5.75 Å². The van der Waals surface area contributed by atoms with Crippen LogP contribution in [0.1, 0.15) is 20.3 Å². The van der Waals surface area contributed by atoms with E-state index in [1.807, 2.05) is 0 Å². The van der Waals surface area contributed by atoms with Gasteiger partial charge in [0, 0.05) is 0 Å². The van der Waals surface area contributed by atoms with E-state index in [-0.39, 0.29) is 19.8 Å². The summed E-state index contributed by atoms with van der Waals surface area (Å²) >= 11 is 0. The van der Waals surface area contributed by atoms with Crippen molar-refractivity contribution in [3.8, 4) is 5.75 Å². The van der Waals surface area contributed by atoms with E-state index >= 15 is 0 Å². The maximum atomic E-state index is 12.4. The standard InChI is InChI=1S/C16H21NO6/c1-4-22-15(19)10-14(18)17(11-16(20)23-5-2)12-8-6-7-9-13(12)21-3/h6-9H,4-5,10-11H2,1-3H3. The van der Waals surface area contributed by atoms with Crippen molar-refractivity contribution in [3.63, 3.8) is 0 Å². The Morgan fingerprint density at radius 1 is 1.00 bits per heavy atom. The molecule has 1 aromatic carbocycles. The lowest BCUT2D eigenvalue weighted by Crippen LogP contribution is -2.38. The zero-order valence-electron chi connectivity index (χ0n) is 13.5. The highest BCUT2D eigenvalue weighted by molar-refractivity contribution is 6.06. The molecule has 0 radical (unpaired) electrons. The fraction of sp³-hybridized carbons (Fsp3) is 0.438. The van der Waals surface area contributed by atoms with Crippen molar-refractivity contribution in [1.29, 1.82) is 0 Å². The molecule has 0 spiro atoms. The predicted octanol–water partition coefficient (Wildman–Crippen LogP) is 1.54. The van der Waals surface area contributed by atoms with Crippen molar-refractivity contribution in [3.05, 3.63) is 24.3 Å². The average Bonchev–Trinajstić information content (AvgIpc) is 2.53. The van der Waals surface area contributed by atoms with Gasteiger partial charge in [0.15, 0.2) is 0 Å². The molecule has 0 saturated heterocycles. The summed E-state index contributed by atoms with van der Waals surface area (Å²) in [7, 11) is 1.46. The summed E-state index contributed by atoms with van der Waals surface area (Å²) in [6.45, 7) is 3.39. The molecule has 7 nitrogen and oxygen atoms in total. The number of nitrogens with zero attached hydrogens (tertiary/aromatic N) is 1. The van der Waals surface area contributed by atoms with Crippen molar-refractivity contribution >= 4 is 23.5 Å². The molecule has 0 saturated carbocycles. The fourth-order valence-electron chi connectivity index (χ4n) is 1.93. The van der Waals surface area contributed by atoms with Gasteiger partial charge in [-0.05, 0) is 26.0 Å². The second-order valence-electron chi connectivity index (χ2n) is 4.44. The normalized spacial score (nSPS) is 9.87. The van der Waals surface area contributed by atoms with Gasteiger partial charge in [0.25, 0.3) is 0 Å². The maximum absolute atomic E-state index is 12.4. The van der Waals surface area contributed by atoms with Gasteiger partial charge in [-0.3, -0.25) is 19.3 Å². The minimum Gasteiger partial charge on any atom is -0.495 e. The Bertz CT molecular complexity index is 557. The molecule has 23 heavy (non-hydrogen) atoms. The van der Waals surface area contributed by atoms with Crippen molar-refractivity contribution in [2.24, 2.45) is 0 Å². The highest BCUT2D eigenvalue weighted by atomic mass is 16.5. The summed E-state index contributed by atoms with van der Waals surface area (Å²) in [4.78, 5) is 36.9. The number of amides is 1. The maximum Gasteiger partial charge on any atom is 0.326 e. The second-order valence-corrected chi connectivity index (χ2v) is 4.44. The van der Waals surface area contributed by atoms with Crippen LogP contribution in [0.4, 0.5) is 5.69 Å². The number of esters is 2. The summed E-state index contributed by atoms with van der Waals surface area (Å²) in [5, 5.41) is 0. The first-order valence-electron chi connectivity index (χ1n) is 7.28. The van der Waals surface area contributed by atoms with Crippen LogP contribution in [-0.2, 0) is 23.9 Å². The molecule has 0 atom stereocenters. The van der Waals surface area contributed by atoms with Crippen LogP contribution >= 0.6 is 0 Å². The Hall–Kier alpha value is -2.57. The number of carbonyl (C=O) groups excluding carboxylic acids is 3. The smallest absolute Gasteiger partial charge is 0.326 e. The monoisotopic (exact) mass is 323 g/mol. The molecular weight excluding hydrogens is 302 g/mol. The van der Waals surface area contributed by atoms with Gasteiger partial charge in [0.05, 0.1) is 26.0 Å². The summed E-state index contributed by atoms with van der Waals surface area (Å²) in [6.07, 6.45) is -0.467. The van der Waals surface area contributed by atoms with E-state index in [0.29, 0.717) is 11.4 Å². The topological polar surface area (TPSA) is 82.1 Å². The molecule has 1 amide bonds. The zero-order valence-corrected chi connectivity index (χ0v) is 13.5. The first-order valence-corrected chi connectivity index (χ1v) is 7.28. The molecule has 1 aromatic rings. The van der Waals surface area contributed by atoms with E-state index in [1.165, 1.54) is 7.11 Å². The SMILES string of the molecule is CCOC(=O)CC(=O)N(CC(=O)OCC)c1ccccc1OC. The summed E-state index contributed by atoms with van der Waals surface area (Å²) in [6, 6.07) is 6.72. The molecule has 7 heteroatoms. The molecule has 0 unspecified atom stereocenters. The first kappa shape index (κ1) is 18.5. The summed E-state index contributed by atoms with van der Waals surface area (Å²) in [5.74, 6) is -1.38. The molecule has 0 aliphatic carbocycles.